The summed E-state index contributed by atoms with van der Waals surface area (Å²) in [6.07, 6.45) is -1.95. The van der Waals surface area contributed by atoms with Crippen molar-refractivity contribution in [2.75, 3.05) is 6.61 Å². The lowest BCUT2D eigenvalue weighted by Crippen LogP contribution is -2.60. The van der Waals surface area contributed by atoms with Crippen LogP contribution in [0, 0.1) is 5.92 Å². The summed E-state index contributed by atoms with van der Waals surface area (Å²) in [5.74, 6) is -8.59. The molecule has 2 aliphatic rings. The van der Waals surface area contributed by atoms with Crippen LogP contribution < -0.4 is 10.6 Å². The van der Waals surface area contributed by atoms with Crippen molar-refractivity contribution in [2.24, 2.45) is 5.92 Å². The number of carbonyl (C=O) groups excluding carboxylic acids is 2. The zero-order valence-electron chi connectivity index (χ0n) is 18.9. The Hall–Kier alpha value is -3.53. The predicted octanol–water partition coefficient (Wildman–Crippen LogP) is 2.89. The molecule has 1 fully saturated rings. The molecule has 0 heterocycles. The molecule has 10 heteroatoms. The summed E-state index contributed by atoms with van der Waals surface area (Å²) >= 11 is 0. The number of carbonyl (C=O) groups is 3. The lowest BCUT2D eigenvalue weighted by Gasteiger charge is -2.28. The van der Waals surface area contributed by atoms with E-state index in [0.717, 1.165) is 29.2 Å². The molecule has 0 saturated heterocycles. The Morgan fingerprint density at radius 3 is 2.06 bits per heavy atom. The van der Waals surface area contributed by atoms with Crippen molar-refractivity contribution < 1.29 is 38.1 Å². The van der Waals surface area contributed by atoms with Gasteiger partial charge in [0.2, 0.25) is 0 Å². The van der Waals surface area contributed by atoms with Crippen molar-refractivity contribution in [1.29, 1.82) is 0 Å². The van der Waals surface area contributed by atoms with E-state index in [1.54, 1.807) is 5.32 Å². The summed E-state index contributed by atoms with van der Waals surface area (Å²) in [7, 11) is 0. The van der Waals surface area contributed by atoms with Crippen LogP contribution in [0.4, 0.5) is 13.6 Å². The van der Waals surface area contributed by atoms with E-state index in [0.29, 0.717) is 12.8 Å². The highest BCUT2D eigenvalue weighted by atomic mass is 19.3. The minimum atomic E-state index is -4.12. The number of benzene rings is 2. The Morgan fingerprint density at radius 2 is 1.57 bits per heavy atom. The van der Waals surface area contributed by atoms with Gasteiger partial charge in [-0.1, -0.05) is 48.5 Å². The molecule has 2 aromatic carbocycles. The van der Waals surface area contributed by atoms with E-state index in [9.17, 15) is 28.3 Å². The van der Waals surface area contributed by atoms with Gasteiger partial charge in [-0.25, -0.2) is 9.59 Å². The first-order valence-corrected chi connectivity index (χ1v) is 11.3. The third-order valence-corrected chi connectivity index (χ3v) is 6.44. The molecule has 0 spiro atoms. The number of carboxylic acids is 1. The number of fused-ring (bicyclic) bond motifs is 3. The van der Waals surface area contributed by atoms with Gasteiger partial charge in [-0.2, -0.15) is 8.78 Å². The molecule has 8 nitrogen and oxygen atoms in total. The molecule has 3 atom stereocenters. The first-order chi connectivity index (χ1) is 16.6. The first kappa shape index (κ1) is 24.6. The monoisotopic (exact) mass is 488 g/mol. The van der Waals surface area contributed by atoms with Crippen molar-refractivity contribution in [3.8, 4) is 11.1 Å². The minimum absolute atomic E-state index is 0.0852. The summed E-state index contributed by atoms with van der Waals surface area (Å²) in [6.45, 7) is 0.975. The molecule has 1 saturated carbocycles. The average Bonchev–Trinajstić information content (AvgIpc) is 3.61. The van der Waals surface area contributed by atoms with Gasteiger partial charge in [-0.3, -0.25) is 4.79 Å². The van der Waals surface area contributed by atoms with Gasteiger partial charge in [0.25, 0.3) is 5.91 Å². The summed E-state index contributed by atoms with van der Waals surface area (Å²) in [5.41, 5.74) is 3.95. The van der Waals surface area contributed by atoms with Gasteiger partial charge < -0.3 is 25.6 Å². The fourth-order valence-corrected chi connectivity index (χ4v) is 4.47. The topological polar surface area (TPSA) is 125 Å². The summed E-state index contributed by atoms with van der Waals surface area (Å²) in [6, 6.07) is 11.6. The number of alkyl carbamates (subject to hydrolysis) is 1. The maximum Gasteiger partial charge on any atom is 0.407 e. The lowest BCUT2D eigenvalue weighted by atomic mass is 9.98. The van der Waals surface area contributed by atoms with Crippen molar-refractivity contribution in [3.63, 3.8) is 0 Å². The van der Waals surface area contributed by atoms with Crippen molar-refractivity contribution in [3.05, 3.63) is 59.7 Å². The Labute approximate surface area is 200 Å². The van der Waals surface area contributed by atoms with Crippen LogP contribution in [0.15, 0.2) is 48.5 Å². The smallest absolute Gasteiger partial charge is 0.407 e. The molecule has 4 rings (SSSR count). The molecule has 35 heavy (non-hydrogen) atoms. The molecule has 0 bridgehead atoms. The predicted molar refractivity (Wildman–Crippen MR) is 121 cm³/mol. The fraction of sp³-hybridized carbons (Fsp3) is 0.400. The summed E-state index contributed by atoms with van der Waals surface area (Å²) < 4.78 is 35.3. The van der Waals surface area contributed by atoms with E-state index in [1.807, 2.05) is 48.5 Å². The highest BCUT2D eigenvalue weighted by molar-refractivity contribution is 5.89. The fourth-order valence-electron chi connectivity index (χ4n) is 4.47. The van der Waals surface area contributed by atoms with E-state index >= 15 is 0 Å². The number of ether oxygens (including phenoxy) is 1. The average molecular weight is 488 g/mol. The summed E-state index contributed by atoms with van der Waals surface area (Å²) in [5, 5.41) is 22.3. The Morgan fingerprint density at radius 1 is 1.03 bits per heavy atom. The molecule has 0 aromatic heterocycles. The third kappa shape index (κ3) is 4.97. The molecular formula is C25H26F2N2O6. The van der Waals surface area contributed by atoms with Crippen molar-refractivity contribution >= 4 is 18.0 Å². The molecule has 0 radical (unpaired) electrons. The number of rotatable bonds is 9. The normalized spacial score (nSPS) is 17.5. The number of alkyl halides is 2. The van der Waals surface area contributed by atoms with Crippen LogP contribution in [0.5, 0.6) is 0 Å². The SMILES string of the molecule is CC(O)C(NC(=O)C(F)(F)C(NC(=O)OCC1c2ccccc2-c2ccccc21)C1CC1)C(=O)O. The van der Waals surface area contributed by atoms with E-state index in [1.165, 1.54) is 0 Å². The van der Waals surface area contributed by atoms with E-state index in [2.05, 4.69) is 5.32 Å². The number of aliphatic hydroxyl groups excluding tert-OH is 1. The number of hydrogen-bond donors (Lipinski definition) is 4. The highest BCUT2D eigenvalue weighted by Crippen LogP contribution is 2.44. The van der Waals surface area contributed by atoms with Gasteiger partial charge in [0.15, 0.2) is 6.04 Å². The Kier molecular flexibility index (Phi) is 6.75. The number of amides is 2. The van der Waals surface area contributed by atoms with Gasteiger partial charge >= 0.3 is 18.0 Å². The molecular weight excluding hydrogens is 462 g/mol. The van der Waals surface area contributed by atoms with Crippen LogP contribution in [0.3, 0.4) is 0 Å². The Balaban J connectivity index is 1.44. The molecule has 2 aromatic rings. The van der Waals surface area contributed by atoms with Crippen molar-refractivity contribution in [2.45, 2.75) is 49.8 Å². The van der Waals surface area contributed by atoms with Crippen LogP contribution in [0.2, 0.25) is 0 Å². The van der Waals surface area contributed by atoms with Gasteiger partial charge in [0.05, 0.1) is 6.10 Å². The standard InChI is InChI=1S/C25H26F2N2O6/c1-13(30)20(22(31)32)28-23(33)25(26,27)21(14-10-11-14)29-24(34)35-12-19-17-8-4-2-6-15(17)16-7-3-5-9-18(16)19/h2-9,13-14,19-21,30H,10-12H2,1H3,(H,28,33)(H,29,34)(H,31,32). The third-order valence-electron chi connectivity index (χ3n) is 6.44. The molecule has 2 amide bonds. The second kappa shape index (κ2) is 9.61. The van der Waals surface area contributed by atoms with Crippen LogP contribution in [0.25, 0.3) is 11.1 Å². The second-order valence-electron chi connectivity index (χ2n) is 8.94. The number of nitrogens with one attached hydrogen (secondary N) is 2. The highest BCUT2D eigenvalue weighted by Gasteiger charge is 2.55. The van der Waals surface area contributed by atoms with Crippen LogP contribution in [-0.2, 0) is 14.3 Å². The number of aliphatic hydroxyl groups is 1. The first-order valence-electron chi connectivity index (χ1n) is 11.3. The van der Waals surface area contributed by atoms with Crippen LogP contribution in [-0.4, -0.2) is 58.9 Å². The van der Waals surface area contributed by atoms with E-state index in [-0.39, 0.29) is 12.5 Å². The Bertz CT molecular complexity index is 1090. The zero-order chi connectivity index (χ0) is 25.3. The number of halogens is 2. The molecule has 186 valence electrons. The molecule has 0 aliphatic heterocycles. The van der Waals surface area contributed by atoms with E-state index < -0.39 is 48.0 Å². The van der Waals surface area contributed by atoms with Crippen molar-refractivity contribution in [1.82, 2.24) is 10.6 Å². The molecule has 3 unspecified atom stereocenters. The zero-order valence-corrected chi connectivity index (χ0v) is 18.9. The number of aliphatic carboxylic acids is 1. The van der Waals surface area contributed by atoms with Crippen LogP contribution >= 0.6 is 0 Å². The van der Waals surface area contributed by atoms with Gasteiger partial charge in [-0.15, -0.1) is 0 Å². The lowest BCUT2D eigenvalue weighted by molar-refractivity contribution is -0.157. The number of carboxylic acid groups (broad SMARTS) is 1. The van der Waals surface area contributed by atoms with Crippen LogP contribution in [0.1, 0.15) is 36.8 Å². The van der Waals surface area contributed by atoms with E-state index in [4.69, 9.17) is 9.84 Å². The van der Waals surface area contributed by atoms with Gasteiger partial charge in [0.1, 0.15) is 12.6 Å². The maximum absolute atomic E-state index is 15.0. The van der Waals surface area contributed by atoms with Gasteiger partial charge in [0, 0.05) is 5.92 Å². The molecule has 2 aliphatic carbocycles. The quantitative estimate of drug-likeness (QED) is 0.430. The molecule has 4 N–H and O–H groups in total. The van der Waals surface area contributed by atoms with Gasteiger partial charge in [-0.05, 0) is 47.9 Å². The second-order valence-corrected chi connectivity index (χ2v) is 8.94. The largest absolute Gasteiger partial charge is 0.480 e. The minimum Gasteiger partial charge on any atom is -0.480 e. The summed E-state index contributed by atoms with van der Waals surface area (Å²) in [4.78, 5) is 36.0. The number of hydrogen-bond acceptors (Lipinski definition) is 5. The maximum atomic E-state index is 15.0.